The molecule has 2 aromatic heterocycles. The average molecular weight is 490 g/mol. The van der Waals surface area contributed by atoms with Gasteiger partial charge in [-0.3, -0.25) is 14.5 Å². The smallest absolute Gasteiger partial charge is 0.325 e. The lowest BCUT2D eigenvalue weighted by Gasteiger charge is -2.41. The van der Waals surface area contributed by atoms with Gasteiger partial charge in [0, 0.05) is 38.4 Å². The Morgan fingerprint density at radius 1 is 1.06 bits per heavy atom. The van der Waals surface area contributed by atoms with Crippen molar-refractivity contribution in [3.8, 4) is 0 Å². The lowest BCUT2D eigenvalue weighted by atomic mass is 9.74. The summed E-state index contributed by atoms with van der Waals surface area (Å²) in [6.07, 6.45) is 7.09. The second-order valence-corrected chi connectivity index (χ2v) is 10.2. The summed E-state index contributed by atoms with van der Waals surface area (Å²) in [7, 11) is 0. The molecule has 1 N–H and O–H groups in total. The van der Waals surface area contributed by atoms with Crippen LogP contribution in [0.3, 0.4) is 0 Å². The molecule has 6 rings (SSSR count). The second-order valence-electron chi connectivity index (χ2n) is 10.2. The number of rotatable bonds is 6. The number of hydrogen-bond acceptors (Lipinski definition) is 4. The van der Waals surface area contributed by atoms with Crippen LogP contribution in [-0.2, 0) is 11.2 Å². The molecule has 36 heavy (non-hydrogen) atoms. The monoisotopic (exact) mass is 489 g/mol. The van der Waals surface area contributed by atoms with Crippen LogP contribution in [0, 0.1) is 17.7 Å². The number of fused-ring (bicyclic) bond motifs is 1. The second kappa shape index (κ2) is 8.72. The van der Waals surface area contributed by atoms with Crippen LogP contribution < -0.4 is 5.32 Å². The van der Waals surface area contributed by atoms with Gasteiger partial charge in [-0.05, 0) is 67.3 Å². The van der Waals surface area contributed by atoms with Gasteiger partial charge in [-0.1, -0.05) is 18.2 Å². The molecule has 9 heteroatoms. The molecule has 0 bridgehead atoms. The largest absolute Gasteiger partial charge is 0.337 e. The molecule has 1 atom stereocenters. The van der Waals surface area contributed by atoms with Crippen LogP contribution in [-0.4, -0.2) is 62.2 Å². The van der Waals surface area contributed by atoms with Crippen molar-refractivity contribution in [1.29, 1.82) is 0 Å². The first-order valence-corrected chi connectivity index (χ1v) is 12.5. The molecule has 2 aliphatic heterocycles. The highest BCUT2D eigenvalue weighted by Gasteiger charge is 2.56. The Morgan fingerprint density at radius 3 is 2.50 bits per heavy atom. The maximum Gasteiger partial charge on any atom is 0.325 e. The molecular formula is C27H28FN5O3. The van der Waals surface area contributed by atoms with E-state index < -0.39 is 5.54 Å². The molecule has 3 fully saturated rings. The molecule has 1 aliphatic carbocycles. The fourth-order valence-corrected chi connectivity index (χ4v) is 5.61. The van der Waals surface area contributed by atoms with E-state index in [-0.39, 0.29) is 29.6 Å². The van der Waals surface area contributed by atoms with Gasteiger partial charge in [0.05, 0.1) is 0 Å². The van der Waals surface area contributed by atoms with E-state index in [0.29, 0.717) is 56.2 Å². The predicted molar refractivity (Wildman–Crippen MR) is 130 cm³/mol. The van der Waals surface area contributed by atoms with E-state index in [4.69, 9.17) is 0 Å². The van der Waals surface area contributed by atoms with E-state index in [1.807, 2.05) is 28.8 Å². The molecule has 3 aromatic rings. The average Bonchev–Trinajstić information content (AvgIpc) is 3.56. The summed E-state index contributed by atoms with van der Waals surface area (Å²) in [6, 6.07) is 11.4. The van der Waals surface area contributed by atoms with Crippen LogP contribution in [0.15, 0.2) is 54.9 Å². The van der Waals surface area contributed by atoms with Gasteiger partial charge < -0.3 is 14.6 Å². The SMILES string of the molecule is O=C(c1cn2ccccc2n1)N1CCC(C2(Cc3ccc(F)cc3)NC(=O)N(CC3CC3)C2=O)CC1. The van der Waals surface area contributed by atoms with Crippen molar-refractivity contribution in [2.45, 2.75) is 37.6 Å². The number of aromatic nitrogens is 2. The maximum absolute atomic E-state index is 13.8. The maximum atomic E-state index is 13.8. The molecule has 0 spiro atoms. The quantitative estimate of drug-likeness (QED) is 0.539. The summed E-state index contributed by atoms with van der Waals surface area (Å²) in [5.74, 6) is -0.445. The minimum Gasteiger partial charge on any atom is -0.337 e. The number of halogens is 1. The number of pyridine rings is 1. The summed E-state index contributed by atoms with van der Waals surface area (Å²) in [4.78, 5) is 47.5. The summed E-state index contributed by atoms with van der Waals surface area (Å²) >= 11 is 0. The normalized spacial score (nSPS) is 22.9. The molecule has 4 heterocycles. The zero-order chi connectivity index (χ0) is 24.9. The van der Waals surface area contributed by atoms with Crippen molar-refractivity contribution in [2.75, 3.05) is 19.6 Å². The Balaban J connectivity index is 1.22. The van der Waals surface area contributed by atoms with Crippen LogP contribution in [0.5, 0.6) is 0 Å². The van der Waals surface area contributed by atoms with Crippen molar-refractivity contribution >= 4 is 23.5 Å². The first kappa shape index (κ1) is 22.7. The van der Waals surface area contributed by atoms with E-state index in [2.05, 4.69) is 10.3 Å². The predicted octanol–water partition coefficient (Wildman–Crippen LogP) is 3.27. The third kappa shape index (κ3) is 4.02. The summed E-state index contributed by atoms with van der Waals surface area (Å²) in [5.41, 5.74) is 0.800. The molecule has 0 radical (unpaired) electrons. The Bertz CT molecular complexity index is 1290. The number of benzene rings is 1. The molecule has 8 nitrogen and oxygen atoms in total. The van der Waals surface area contributed by atoms with E-state index in [9.17, 15) is 18.8 Å². The summed E-state index contributed by atoms with van der Waals surface area (Å²) in [5, 5.41) is 3.05. The van der Waals surface area contributed by atoms with Gasteiger partial charge in [-0.2, -0.15) is 0 Å². The molecule has 1 saturated carbocycles. The lowest BCUT2D eigenvalue weighted by Crippen LogP contribution is -2.58. The van der Waals surface area contributed by atoms with Crippen LogP contribution in [0.25, 0.3) is 5.65 Å². The molecule has 1 aromatic carbocycles. The minimum absolute atomic E-state index is 0.137. The van der Waals surface area contributed by atoms with Crippen molar-refractivity contribution in [3.05, 3.63) is 71.9 Å². The number of likely N-dealkylation sites (tertiary alicyclic amines) is 1. The number of hydrogen-bond donors (Lipinski definition) is 1. The van der Waals surface area contributed by atoms with Gasteiger partial charge in [-0.15, -0.1) is 0 Å². The molecule has 1 unspecified atom stereocenters. The first-order chi connectivity index (χ1) is 17.4. The number of nitrogens with zero attached hydrogens (tertiary/aromatic N) is 4. The van der Waals surface area contributed by atoms with E-state index in [1.54, 1.807) is 23.2 Å². The minimum atomic E-state index is -1.10. The number of nitrogens with one attached hydrogen (secondary N) is 1. The molecule has 3 aliphatic rings. The first-order valence-electron chi connectivity index (χ1n) is 12.5. The zero-order valence-corrected chi connectivity index (χ0v) is 19.9. The Kier molecular flexibility index (Phi) is 5.50. The number of amides is 4. The van der Waals surface area contributed by atoms with Gasteiger partial charge in [0.2, 0.25) is 0 Å². The van der Waals surface area contributed by atoms with Crippen molar-refractivity contribution in [1.82, 2.24) is 24.5 Å². The number of piperidine rings is 1. The third-order valence-corrected chi connectivity index (χ3v) is 7.80. The molecule has 186 valence electrons. The lowest BCUT2D eigenvalue weighted by molar-refractivity contribution is -0.134. The number of urea groups is 1. The molecule has 2 saturated heterocycles. The topological polar surface area (TPSA) is 87.0 Å². The fourth-order valence-electron chi connectivity index (χ4n) is 5.61. The fraction of sp³-hybridized carbons (Fsp3) is 0.407. The highest BCUT2D eigenvalue weighted by molar-refractivity contribution is 6.07. The van der Waals surface area contributed by atoms with Gasteiger partial charge in [-0.25, -0.2) is 14.2 Å². The van der Waals surface area contributed by atoms with Gasteiger partial charge in [0.15, 0.2) is 0 Å². The van der Waals surface area contributed by atoms with Gasteiger partial charge in [0.1, 0.15) is 22.7 Å². The van der Waals surface area contributed by atoms with E-state index in [0.717, 1.165) is 18.4 Å². The van der Waals surface area contributed by atoms with Crippen molar-refractivity contribution in [3.63, 3.8) is 0 Å². The van der Waals surface area contributed by atoms with Crippen LogP contribution >= 0.6 is 0 Å². The van der Waals surface area contributed by atoms with E-state index >= 15 is 0 Å². The van der Waals surface area contributed by atoms with E-state index in [1.165, 1.54) is 17.0 Å². The van der Waals surface area contributed by atoms with Crippen molar-refractivity contribution in [2.24, 2.45) is 11.8 Å². The number of imidazole rings is 1. The van der Waals surface area contributed by atoms with Crippen molar-refractivity contribution < 1.29 is 18.8 Å². The van der Waals surface area contributed by atoms with Crippen LogP contribution in [0.2, 0.25) is 0 Å². The summed E-state index contributed by atoms with van der Waals surface area (Å²) in [6.45, 7) is 1.38. The summed E-state index contributed by atoms with van der Waals surface area (Å²) < 4.78 is 15.4. The standard InChI is InChI=1S/C27H28FN5O3/c28-21-8-6-18(7-9-21)15-27(25(35)33(26(36)30-27)16-19-4-5-19)20-10-13-31(14-11-20)24(34)22-17-32-12-2-1-3-23(32)29-22/h1-3,6-9,12,17,19-20H,4-5,10-11,13-16H2,(H,30,36). The Hall–Kier alpha value is -3.75. The Labute approximate surface area is 208 Å². The van der Waals surface area contributed by atoms with Crippen LogP contribution in [0.4, 0.5) is 9.18 Å². The van der Waals surface area contributed by atoms with Gasteiger partial charge in [0.25, 0.3) is 11.8 Å². The zero-order valence-electron chi connectivity index (χ0n) is 19.9. The highest BCUT2D eigenvalue weighted by Crippen LogP contribution is 2.39. The third-order valence-electron chi connectivity index (χ3n) is 7.80. The number of carbonyl (C=O) groups is 3. The Morgan fingerprint density at radius 2 is 1.81 bits per heavy atom. The molecule has 4 amide bonds. The number of carbonyl (C=O) groups excluding carboxylic acids is 3. The van der Waals surface area contributed by atoms with Crippen LogP contribution in [0.1, 0.15) is 41.7 Å². The highest BCUT2D eigenvalue weighted by atomic mass is 19.1. The number of imide groups is 1. The molecular weight excluding hydrogens is 461 g/mol. The van der Waals surface area contributed by atoms with Gasteiger partial charge >= 0.3 is 6.03 Å².